The third-order valence-electron chi connectivity index (χ3n) is 3.61. The fourth-order valence-electron chi connectivity index (χ4n) is 2.59. The van der Waals surface area contributed by atoms with Gasteiger partial charge in [0.2, 0.25) is 0 Å². The highest BCUT2D eigenvalue weighted by molar-refractivity contribution is 5.78. The molecule has 2 atom stereocenters. The molecule has 0 radical (unpaired) electrons. The van der Waals surface area contributed by atoms with Crippen LogP contribution < -0.4 is 5.32 Å². The molecule has 18 heavy (non-hydrogen) atoms. The van der Waals surface area contributed by atoms with Gasteiger partial charge in [-0.1, -0.05) is 6.42 Å². The average Bonchev–Trinajstić information content (AvgIpc) is 2.36. The van der Waals surface area contributed by atoms with Gasteiger partial charge in [0.1, 0.15) is 0 Å². The van der Waals surface area contributed by atoms with Crippen LogP contribution >= 0.6 is 0 Å². The first-order chi connectivity index (χ1) is 8.51. The van der Waals surface area contributed by atoms with Crippen molar-refractivity contribution in [2.75, 3.05) is 33.8 Å². The summed E-state index contributed by atoms with van der Waals surface area (Å²) in [5.41, 5.74) is -1.41. The molecule has 0 spiro atoms. The zero-order valence-corrected chi connectivity index (χ0v) is 11.7. The third kappa shape index (κ3) is 4.23. The standard InChI is InChI=1S/C13H26N2O3/c1-13(17,12(16)18-3)10-15-9-5-4-6-11(15)7-8-14-2/h11,14,17H,4-10H2,1-3H3. The van der Waals surface area contributed by atoms with Gasteiger partial charge in [-0.3, -0.25) is 4.90 Å². The number of hydrogen-bond acceptors (Lipinski definition) is 5. The van der Waals surface area contributed by atoms with Crippen LogP contribution in [0, 0.1) is 0 Å². The fourth-order valence-corrected chi connectivity index (χ4v) is 2.59. The lowest BCUT2D eigenvalue weighted by Gasteiger charge is -2.39. The number of carbonyl (C=O) groups is 1. The van der Waals surface area contributed by atoms with Gasteiger partial charge in [0.15, 0.2) is 5.60 Å². The first-order valence-electron chi connectivity index (χ1n) is 6.70. The summed E-state index contributed by atoms with van der Waals surface area (Å²) in [6.07, 6.45) is 4.55. The molecular weight excluding hydrogens is 232 g/mol. The highest BCUT2D eigenvalue weighted by Gasteiger charge is 2.36. The average molecular weight is 258 g/mol. The molecule has 0 aromatic rings. The summed E-state index contributed by atoms with van der Waals surface area (Å²) < 4.78 is 4.64. The fraction of sp³-hybridized carbons (Fsp3) is 0.923. The molecular formula is C13H26N2O3. The van der Waals surface area contributed by atoms with Gasteiger partial charge in [0, 0.05) is 12.6 Å². The molecule has 1 aliphatic rings. The van der Waals surface area contributed by atoms with Crippen molar-refractivity contribution in [1.29, 1.82) is 0 Å². The number of rotatable bonds is 6. The van der Waals surface area contributed by atoms with E-state index in [-0.39, 0.29) is 0 Å². The number of aliphatic hydroxyl groups is 1. The number of nitrogens with zero attached hydrogens (tertiary/aromatic N) is 1. The van der Waals surface area contributed by atoms with Crippen LogP contribution in [-0.4, -0.2) is 61.4 Å². The summed E-state index contributed by atoms with van der Waals surface area (Å²) >= 11 is 0. The lowest BCUT2D eigenvalue weighted by atomic mass is 9.96. The van der Waals surface area contributed by atoms with Gasteiger partial charge in [0.25, 0.3) is 0 Å². The van der Waals surface area contributed by atoms with E-state index in [0.717, 1.165) is 32.4 Å². The summed E-state index contributed by atoms with van der Waals surface area (Å²) in [7, 11) is 3.25. The Balaban J connectivity index is 2.58. The van der Waals surface area contributed by atoms with Crippen LogP contribution in [0.1, 0.15) is 32.6 Å². The normalized spacial score (nSPS) is 24.6. The minimum Gasteiger partial charge on any atom is -0.467 e. The number of piperidine rings is 1. The van der Waals surface area contributed by atoms with E-state index < -0.39 is 11.6 Å². The number of ether oxygens (including phenoxy) is 1. The second-order valence-electron chi connectivity index (χ2n) is 5.28. The number of hydrogen-bond donors (Lipinski definition) is 2. The van der Waals surface area contributed by atoms with Crippen molar-refractivity contribution in [1.82, 2.24) is 10.2 Å². The van der Waals surface area contributed by atoms with Gasteiger partial charge in [0.05, 0.1) is 7.11 Å². The second-order valence-corrected chi connectivity index (χ2v) is 5.28. The molecule has 2 unspecified atom stereocenters. The summed E-state index contributed by atoms with van der Waals surface area (Å²) in [6.45, 7) is 3.79. The maximum absolute atomic E-state index is 11.5. The second kappa shape index (κ2) is 7.07. The van der Waals surface area contributed by atoms with Crippen LogP contribution in [0.4, 0.5) is 0 Å². The maximum atomic E-state index is 11.5. The lowest BCUT2D eigenvalue weighted by Crippen LogP contribution is -2.52. The molecule has 0 aliphatic carbocycles. The van der Waals surface area contributed by atoms with Crippen LogP contribution in [0.2, 0.25) is 0 Å². The number of methoxy groups -OCH3 is 1. The molecule has 1 heterocycles. The molecule has 1 saturated heterocycles. The quantitative estimate of drug-likeness (QED) is 0.674. The van der Waals surface area contributed by atoms with Crippen molar-refractivity contribution >= 4 is 5.97 Å². The molecule has 1 aliphatic heterocycles. The Morgan fingerprint density at radius 2 is 2.28 bits per heavy atom. The molecule has 106 valence electrons. The van der Waals surface area contributed by atoms with E-state index in [0.29, 0.717) is 12.6 Å². The molecule has 5 nitrogen and oxygen atoms in total. The van der Waals surface area contributed by atoms with E-state index in [9.17, 15) is 9.90 Å². The van der Waals surface area contributed by atoms with Gasteiger partial charge >= 0.3 is 5.97 Å². The Bertz CT molecular complexity index is 269. The largest absolute Gasteiger partial charge is 0.467 e. The zero-order valence-electron chi connectivity index (χ0n) is 11.7. The number of β-amino-alcohol motifs (C(OH)–C–C–N with tert-alkyl or cyclic N) is 1. The van der Waals surface area contributed by atoms with Crippen LogP contribution in [0.5, 0.6) is 0 Å². The highest BCUT2D eigenvalue weighted by atomic mass is 16.5. The van der Waals surface area contributed by atoms with E-state index >= 15 is 0 Å². The van der Waals surface area contributed by atoms with Gasteiger partial charge in [-0.25, -0.2) is 4.79 Å². The lowest BCUT2D eigenvalue weighted by molar-refractivity contribution is -0.163. The van der Waals surface area contributed by atoms with E-state index in [1.165, 1.54) is 20.5 Å². The van der Waals surface area contributed by atoms with Crippen molar-refractivity contribution in [2.24, 2.45) is 0 Å². The van der Waals surface area contributed by atoms with Gasteiger partial charge in [-0.05, 0) is 46.3 Å². The zero-order chi connectivity index (χ0) is 13.6. The predicted octanol–water partition coefficient (Wildman–Crippen LogP) is 0.374. The Labute approximate surface area is 109 Å². The SMILES string of the molecule is CNCCC1CCCCN1CC(C)(O)C(=O)OC. The Hall–Kier alpha value is -0.650. The predicted molar refractivity (Wildman–Crippen MR) is 70.4 cm³/mol. The van der Waals surface area contributed by atoms with Crippen LogP contribution in [0.3, 0.4) is 0 Å². The molecule has 0 bridgehead atoms. The van der Waals surface area contributed by atoms with Crippen molar-refractivity contribution in [3.05, 3.63) is 0 Å². The number of carbonyl (C=O) groups excluding carboxylic acids is 1. The topological polar surface area (TPSA) is 61.8 Å². The number of nitrogens with one attached hydrogen (secondary N) is 1. The van der Waals surface area contributed by atoms with Crippen molar-refractivity contribution in [2.45, 2.75) is 44.2 Å². The minimum absolute atomic E-state index is 0.355. The summed E-state index contributed by atoms with van der Waals surface area (Å²) in [5, 5.41) is 13.3. The van der Waals surface area contributed by atoms with Crippen LogP contribution in [0.15, 0.2) is 0 Å². The molecule has 1 rings (SSSR count). The molecule has 2 N–H and O–H groups in total. The van der Waals surface area contributed by atoms with E-state index in [1.807, 2.05) is 7.05 Å². The Morgan fingerprint density at radius 3 is 2.89 bits per heavy atom. The van der Waals surface area contributed by atoms with Crippen molar-refractivity contribution in [3.63, 3.8) is 0 Å². The third-order valence-corrected chi connectivity index (χ3v) is 3.61. The first-order valence-corrected chi connectivity index (χ1v) is 6.70. The molecule has 1 fully saturated rings. The monoisotopic (exact) mass is 258 g/mol. The summed E-state index contributed by atoms with van der Waals surface area (Å²) in [6, 6.07) is 0.447. The highest BCUT2D eigenvalue weighted by Crippen LogP contribution is 2.22. The number of likely N-dealkylation sites (tertiary alicyclic amines) is 1. The van der Waals surface area contributed by atoms with Crippen LogP contribution in [0.25, 0.3) is 0 Å². The van der Waals surface area contributed by atoms with E-state index in [2.05, 4.69) is 15.0 Å². The van der Waals surface area contributed by atoms with Crippen LogP contribution in [-0.2, 0) is 9.53 Å². The van der Waals surface area contributed by atoms with Gasteiger partial charge in [-0.2, -0.15) is 0 Å². The van der Waals surface area contributed by atoms with Gasteiger partial charge in [-0.15, -0.1) is 0 Å². The number of esters is 1. The minimum atomic E-state index is -1.41. The Morgan fingerprint density at radius 1 is 1.56 bits per heavy atom. The smallest absolute Gasteiger partial charge is 0.338 e. The molecule has 0 amide bonds. The molecule has 5 heteroatoms. The Kier molecular flexibility index (Phi) is 6.05. The van der Waals surface area contributed by atoms with Crippen molar-refractivity contribution < 1.29 is 14.6 Å². The summed E-state index contributed by atoms with van der Waals surface area (Å²) in [5.74, 6) is -0.555. The first kappa shape index (κ1) is 15.4. The van der Waals surface area contributed by atoms with E-state index in [1.54, 1.807) is 0 Å². The van der Waals surface area contributed by atoms with E-state index in [4.69, 9.17) is 0 Å². The van der Waals surface area contributed by atoms with Crippen molar-refractivity contribution in [3.8, 4) is 0 Å². The summed E-state index contributed by atoms with van der Waals surface area (Å²) in [4.78, 5) is 13.7. The molecule has 0 saturated carbocycles. The molecule has 0 aromatic heterocycles. The molecule has 0 aromatic carbocycles. The van der Waals surface area contributed by atoms with Gasteiger partial charge < -0.3 is 15.2 Å². The maximum Gasteiger partial charge on any atom is 0.338 e.